The lowest BCUT2D eigenvalue weighted by atomic mass is 10.2. The Morgan fingerprint density at radius 2 is 1.82 bits per heavy atom. The van der Waals surface area contributed by atoms with Gasteiger partial charge in [0.15, 0.2) is 0 Å². The van der Waals surface area contributed by atoms with Crippen molar-refractivity contribution in [3.8, 4) is 5.75 Å². The van der Waals surface area contributed by atoms with Crippen molar-refractivity contribution in [3.63, 3.8) is 0 Å². The lowest BCUT2D eigenvalue weighted by Crippen LogP contribution is -2.13. The van der Waals surface area contributed by atoms with Gasteiger partial charge in [0.05, 0.1) is 11.9 Å². The lowest BCUT2D eigenvalue weighted by molar-refractivity contribution is 0.471. The Kier molecular flexibility index (Phi) is 4.12. The van der Waals surface area contributed by atoms with Gasteiger partial charge >= 0.3 is 0 Å². The molecule has 1 aromatic heterocycles. The van der Waals surface area contributed by atoms with E-state index in [9.17, 15) is 0 Å². The molecule has 0 atom stereocenters. The summed E-state index contributed by atoms with van der Waals surface area (Å²) in [6.45, 7) is 1.49. The van der Waals surface area contributed by atoms with Crippen molar-refractivity contribution < 1.29 is 5.11 Å². The van der Waals surface area contributed by atoms with Gasteiger partial charge < -0.3 is 10.4 Å². The Balaban J connectivity index is 1.83. The first-order chi connectivity index (χ1) is 8.24. The van der Waals surface area contributed by atoms with E-state index >= 15 is 0 Å². The minimum absolute atomic E-state index is 0.196. The van der Waals surface area contributed by atoms with Crippen LogP contribution in [-0.2, 0) is 13.1 Å². The van der Waals surface area contributed by atoms with Crippen LogP contribution in [0.1, 0.15) is 11.3 Å². The highest BCUT2D eigenvalue weighted by Crippen LogP contribution is 2.10. The molecule has 0 saturated heterocycles. The Morgan fingerprint density at radius 1 is 1.06 bits per heavy atom. The molecule has 2 aromatic rings. The predicted molar refractivity (Wildman–Crippen MR) is 70.6 cm³/mol. The molecule has 4 heteroatoms. The smallest absolute Gasteiger partial charge is 0.133 e. The third-order valence-electron chi connectivity index (χ3n) is 2.36. The van der Waals surface area contributed by atoms with Gasteiger partial charge in [-0.2, -0.15) is 0 Å². The molecule has 0 aliphatic carbocycles. The minimum atomic E-state index is 0.196. The zero-order valence-electron chi connectivity index (χ0n) is 9.23. The van der Waals surface area contributed by atoms with Gasteiger partial charge in [-0.1, -0.05) is 28.1 Å². The van der Waals surface area contributed by atoms with Crippen LogP contribution in [0.15, 0.2) is 47.1 Å². The van der Waals surface area contributed by atoms with Gasteiger partial charge in [0.2, 0.25) is 0 Å². The SMILES string of the molecule is Oc1ccc(CNCc2ccc(Br)cc2)nc1. The van der Waals surface area contributed by atoms with Crippen LogP contribution in [-0.4, -0.2) is 10.1 Å². The molecule has 3 nitrogen and oxygen atoms in total. The summed E-state index contributed by atoms with van der Waals surface area (Å²) in [5, 5.41) is 12.4. The first kappa shape index (κ1) is 12.1. The molecule has 0 amide bonds. The molecule has 17 heavy (non-hydrogen) atoms. The molecule has 1 aromatic carbocycles. The van der Waals surface area contributed by atoms with Gasteiger partial charge in [-0.15, -0.1) is 0 Å². The van der Waals surface area contributed by atoms with Gasteiger partial charge in [0.1, 0.15) is 5.75 Å². The Labute approximate surface area is 109 Å². The maximum absolute atomic E-state index is 9.10. The number of aromatic nitrogens is 1. The molecule has 88 valence electrons. The van der Waals surface area contributed by atoms with Crippen LogP contribution in [0.25, 0.3) is 0 Å². The topological polar surface area (TPSA) is 45.1 Å². The van der Waals surface area contributed by atoms with Crippen LogP contribution in [0.5, 0.6) is 5.75 Å². The third kappa shape index (κ3) is 3.84. The van der Waals surface area contributed by atoms with E-state index in [0.717, 1.165) is 16.7 Å². The standard InChI is InChI=1S/C13H13BrN2O/c14-11-3-1-10(2-4-11)7-15-8-12-5-6-13(17)9-16-12/h1-6,9,15,17H,7-8H2. The molecule has 0 bridgehead atoms. The van der Waals surface area contributed by atoms with E-state index in [2.05, 4.69) is 38.4 Å². The van der Waals surface area contributed by atoms with E-state index in [0.29, 0.717) is 6.54 Å². The van der Waals surface area contributed by atoms with E-state index in [1.165, 1.54) is 11.8 Å². The van der Waals surface area contributed by atoms with Crippen molar-refractivity contribution in [1.82, 2.24) is 10.3 Å². The van der Waals surface area contributed by atoms with Gasteiger partial charge in [-0.05, 0) is 29.8 Å². The van der Waals surface area contributed by atoms with E-state index in [4.69, 9.17) is 5.11 Å². The molecule has 0 fully saturated rings. The average Bonchev–Trinajstić information content (AvgIpc) is 2.34. The zero-order valence-corrected chi connectivity index (χ0v) is 10.8. The number of benzene rings is 1. The highest BCUT2D eigenvalue weighted by atomic mass is 79.9. The maximum Gasteiger partial charge on any atom is 0.133 e. The van der Waals surface area contributed by atoms with Crippen molar-refractivity contribution >= 4 is 15.9 Å². The van der Waals surface area contributed by atoms with Crippen molar-refractivity contribution in [1.29, 1.82) is 0 Å². The molecule has 0 aliphatic heterocycles. The second-order valence-corrected chi connectivity index (χ2v) is 4.65. The molecule has 0 spiro atoms. The Morgan fingerprint density at radius 3 is 2.47 bits per heavy atom. The second kappa shape index (κ2) is 5.80. The summed E-state index contributed by atoms with van der Waals surface area (Å²) in [4.78, 5) is 4.10. The minimum Gasteiger partial charge on any atom is -0.506 e. The van der Waals surface area contributed by atoms with Crippen LogP contribution >= 0.6 is 15.9 Å². The van der Waals surface area contributed by atoms with E-state index in [1.807, 2.05) is 18.2 Å². The van der Waals surface area contributed by atoms with E-state index in [1.54, 1.807) is 6.07 Å². The summed E-state index contributed by atoms with van der Waals surface area (Å²) in [7, 11) is 0. The van der Waals surface area contributed by atoms with Crippen molar-refractivity contribution in [3.05, 3.63) is 58.3 Å². The largest absolute Gasteiger partial charge is 0.506 e. The molecular formula is C13H13BrN2O. The number of aromatic hydroxyl groups is 1. The molecule has 0 unspecified atom stereocenters. The third-order valence-corrected chi connectivity index (χ3v) is 2.89. The van der Waals surface area contributed by atoms with E-state index < -0.39 is 0 Å². The van der Waals surface area contributed by atoms with Crippen molar-refractivity contribution in [2.24, 2.45) is 0 Å². The molecule has 0 radical (unpaired) electrons. The summed E-state index contributed by atoms with van der Waals surface area (Å²) in [5.74, 6) is 0.196. The van der Waals surface area contributed by atoms with Crippen LogP contribution in [0.3, 0.4) is 0 Å². The molecule has 0 aliphatic rings. The first-order valence-corrected chi connectivity index (χ1v) is 6.12. The lowest BCUT2D eigenvalue weighted by Gasteiger charge is -2.04. The van der Waals surface area contributed by atoms with Gasteiger partial charge in [-0.25, -0.2) is 0 Å². The molecule has 1 heterocycles. The Hall–Kier alpha value is -1.39. The van der Waals surface area contributed by atoms with Gasteiger partial charge in [0.25, 0.3) is 0 Å². The fraction of sp³-hybridized carbons (Fsp3) is 0.154. The summed E-state index contributed by atoms with van der Waals surface area (Å²) in [6, 6.07) is 11.6. The van der Waals surface area contributed by atoms with Crippen LogP contribution in [0.2, 0.25) is 0 Å². The molecule has 0 saturated carbocycles. The summed E-state index contributed by atoms with van der Waals surface area (Å²) < 4.78 is 1.08. The predicted octanol–water partition coefficient (Wildman–Crippen LogP) is 2.84. The van der Waals surface area contributed by atoms with Gasteiger partial charge in [0, 0.05) is 17.6 Å². The number of rotatable bonds is 4. The zero-order chi connectivity index (χ0) is 12.1. The highest BCUT2D eigenvalue weighted by Gasteiger charge is 1.96. The van der Waals surface area contributed by atoms with Crippen LogP contribution < -0.4 is 5.32 Å². The van der Waals surface area contributed by atoms with Crippen LogP contribution in [0.4, 0.5) is 0 Å². The van der Waals surface area contributed by atoms with Crippen molar-refractivity contribution in [2.75, 3.05) is 0 Å². The summed E-state index contributed by atoms with van der Waals surface area (Å²) in [5.41, 5.74) is 2.15. The molecule has 2 N–H and O–H groups in total. The van der Waals surface area contributed by atoms with Gasteiger partial charge in [-0.3, -0.25) is 4.98 Å². The Bertz CT molecular complexity index is 422. The monoisotopic (exact) mass is 292 g/mol. The normalized spacial score (nSPS) is 10.4. The number of nitrogens with one attached hydrogen (secondary N) is 1. The number of pyridine rings is 1. The number of halogens is 1. The van der Waals surface area contributed by atoms with Crippen molar-refractivity contribution in [2.45, 2.75) is 13.1 Å². The first-order valence-electron chi connectivity index (χ1n) is 5.33. The summed E-state index contributed by atoms with van der Waals surface area (Å²) >= 11 is 3.40. The maximum atomic E-state index is 9.10. The fourth-order valence-corrected chi connectivity index (χ4v) is 1.72. The number of nitrogens with zero attached hydrogens (tertiary/aromatic N) is 1. The second-order valence-electron chi connectivity index (χ2n) is 3.74. The fourth-order valence-electron chi connectivity index (χ4n) is 1.46. The number of hydrogen-bond acceptors (Lipinski definition) is 3. The molecule has 2 rings (SSSR count). The summed E-state index contributed by atoms with van der Waals surface area (Å²) in [6.07, 6.45) is 1.46. The number of hydrogen-bond donors (Lipinski definition) is 2. The highest BCUT2D eigenvalue weighted by molar-refractivity contribution is 9.10. The molecular weight excluding hydrogens is 280 g/mol. The van der Waals surface area contributed by atoms with E-state index in [-0.39, 0.29) is 5.75 Å². The quantitative estimate of drug-likeness (QED) is 0.911. The average molecular weight is 293 g/mol. The van der Waals surface area contributed by atoms with Crippen LogP contribution in [0, 0.1) is 0 Å².